The number of rotatable bonds is 11. The first-order valence-corrected chi connectivity index (χ1v) is 17.1. The number of hydrogen-bond acceptors (Lipinski definition) is 3. The molecule has 1 heterocycles. The molecule has 6 heteroatoms. The molecule has 2 saturated carbocycles. The molecule has 0 aliphatic heterocycles. The Morgan fingerprint density at radius 3 is 2.02 bits per heavy atom. The molecule has 6 nitrogen and oxygen atoms in total. The third kappa shape index (κ3) is 7.67. The lowest BCUT2D eigenvalue weighted by Crippen LogP contribution is -2.64. The Labute approximate surface area is 267 Å². The lowest BCUT2D eigenvalue weighted by molar-refractivity contribution is -0.131. The van der Waals surface area contributed by atoms with Gasteiger partial charge in [0.1, 0.15) is 0 Å². The third-order valence-corrected chi connectivity index (χ3v) is 10.1. The van der Waals surface area contributed by atoms with Gasteiger partial charge in [0, 0.05) is 35.6 Å². The van der Waals surface area contributed by atoms with Crippen LogP contribution in [-0.2, 0) is 16.0 Å². The van der Waals surface area contributed by atoms with Gasteiger partial charge in [-0.1, -0.05) is 124 Å². The number of nitrogens with one attached hydrogen (secondary N) is 4. The molecule has 236 valence electrons. The van der Waals surface area contributed by atoms with Crippen molar-refractivity contribution in [1.29, 1.82) is 0 Å². The molecule has 2 aliphatic rings. The van der Waals surface area contributed by atoms with Gasteiger partial charge in [0.2, 0.25) is 11.8 Å². The van der Waals surface area contributed by atoms with E-state index in [9.17, 15) is 9.59 Å². The summed E-state index contributed by atoms with van der Waals surface area (Å²) in [6, 6.07) is 28.7. The maximum atomic E-state index is 14.4. The first kappa shape index (κ1) is 31.1. The van der Waals surface area contributed by atoms with E-state index in [0.29, 0.717) is 13.0 Å². The minimum Gasteiger partial charge on any atom is -0.361 e. The van der Waals surface area contributed by atoms with Crippen molar-refractivity contribution in [2.24, 2.45) is 0 Å². The number of para-hydroxylation sites is 1. The van der Waals surface area contributed by atoms with Crippen LogP contribution in [0.2, 0.25) is 0 Å². The van der Waals surface area contributed by atoms with E-state index in [4.69, 9.17) is 0 Å². The van der Waals surface area contributed by atoms with Crippen molar-refractivity contribution < 1.29 is 9.59 Å². The summed E-state index contributed by atoms with van der Waals surface area (Å²) in [6.45, 7) is 0.472. The van der Waals surface area contributed by atoms with E-state index in [1.807, 2.05) is 30.5 Å². The van der Waals surface area contributed by atoms with Crippen molar-refractivity contribution in [2.75, 3.05) is 6.54 Å². The van der Waals surface area contributed by atoms with Crippen molar-refractivity contribution in [3.8, 4) is 0 Å². The number of fused-ring (bicyclic) bond motifs is 1. The largest absolute Gasteiger partial charge is 0.361 e. The fourth-order valence-electron chi connectivity index (χ4n) is 7.53. The van der Waals surface area contributed by atoms with E-state index in [1.54, 1.807) is 0 Å². The van der Waals surface area contributed by atoms with Gasteiger partial charge in [-0.05, 0) is 54.9 Å². The zero-order chi connectivity index (χ0) is 30.9. The number of carbonyl (C=O) groups excluding carboxylic acids is 2. The number of hydrogen-bond donors (Lipinski definition) is 4. The lowest BCUT2D eigenvalue weighted by Gasteiger charge is -2.38. The Kier molecular flexibility index (Phi) is 10.3. The Bertz CT molecular complexity index is 1480. The summed E-state index contributed by atoms with van der Waals surface area (Å²) in [5.41, 5.74) is 3.70. The first-order chi connectivity index (χ1) is 22.1. The van der Waals surface area contributed by atoms with Gasteiger partial charge >= 0.3 is 0 Å². The third-order valence-electron chi connectivity index (χ3n) is 10.1. The Hall–Kier alpha value is -3.90. The first-order valence-electron chi connectivity index (χ1n) is 17.1. The minimum atomic E-state index is -0.764. The summed E-state index contributed by atoms with van der Waals surface area (Å²) in [5.74, 6) is 0.0391. The number of aromatic amines is 1. The van der Waals surface area contributed by atoms with Crippen molar-refractivity contribution in [3.05, 3.63) is 108 Å². The molecular formula is C39H48N4O2. The molecular weight excluding hydrogens is 556 g/mol. The monoisotopic (exact) mass is 604 g/mol. The summed E-state index contributed by atoms with van der Waals surface area (Å²) in [5, 5.41) is 11.7. The zero-order valence-electron chi connectivity index (χ0n) is 26.4. The van der Waals surface area contributed by atoms with Crippen molar-refractivity contribution in [1.82, 2.24) is 20.9 Å². The lowest BCUT2D eigenvalue weighted by atomic mass is 9.85. The summed E-state index contributed by atoms with van der Waals surface area (Å²) < 4.78 is 0. The second kappa shape index (κ2) is 14.9. The summed E-state index contributed by atoms with van der Waals surface area (Å²) in [4.78, 5) is 32.0. The smallest absolute Gasteiger partial charge is 0.240 e. The number of amides is 2. The highest BCUT2D eigenvalue weighted by atomic mass is 16.2. The molecule has 6 rings (SSSR count). The summed E-state index contributed by atoms with van der Waals surface area (Å²) >= 11 is 0. The van der Waals surface area contributed by atoms with Gasteiger partial charge in [-0.15, -0.1) is 0 Å². The zero-order valence-corrected chi connectivity index (χ0v) is 26.4. The molecule has 1 aromatic heterocycles. The number of benzene rings is 3. The van der Waals surface area contributed by atoms with Gasteiger partial charge in [-0.25, -0.2) is 0 Å². The number of carbonyl (C=O) groups is 2. The van der Waals surface area contributed by atoms with E-state index in [2.05, 4.69) is 81.6 Å². The fraction of sp³-hybridized carbons (Fsp3) is 0.436. The fourth-order valence-corrected chi connectivity index (χ4v) is 7.53. The van der Waals surface area contributed by atoms with Crippen molar-refractivity contribution in [3.63, 3.8) is 0 Å². The van der Waals surface area contributed by atoms with Crippen LogP contribution in [0.5, 0.6) is 0 Å². The van der Waals surface area contributed by atoms with E-state index in [-0.39, 0.29) is 23.8 Å². The van der Waals surface area contributed by atoms with Gasteiger partial charge in [0.05, 0.1) is 11.6 Å². The van der Waals surface area contributed by atoms with Crippen molar-refractivity contribution >= 4 is 22.7 Å². The highest BCUT2D eigenvalue weighted by Crippen LogP contribution is 2.31. The molecule has 2 aliphatic carbocycles. The van der Waals surface area contributed by atoms with Crippen LogP contribution in [0.3, 0.4) is 0 Å². The van der Waals surface area contributed by atoms with Crippen LogP contribution in [0.25, 0.3) is 10.9 Å². The van der Waals surface area contributed by atoms with Crippen LogP contribution < -0.4 is 16.0 Å². The predicted molar refractivity (Wildman–Crippen MR) is 182 cm³/mol. The standard InChI is InChI=1S/C39H48N4O2/c44-37(41-28-34(29-16-6-3-7-17-29)30-18-8-4-9-19-30)36(26-31-27-40-35-23-13-12-22-33(31)35)43-39(24-14-1-2-15-25-39)38(45)42-32-20-10-5-11-21-32/h3-4,6-9,12-13,16-19,22-23,27,32,34,36,40,43H,1-2,5,10-11,14-15,20-21,24-26,28H2,(H,41,44)(H,42,45)/t36-/m0/s1. The van der Waals surface area contributed by atoms with E-state index in [1.165, 1.54) is 19.3 Å². The number of H-pyrrole nitrogens is 1. The Morgan fingerprint density at radius 1 is 0.756 bits per heavy atom. The molecule has 1 atom stereocenters. The molecule has 4 aromatic rings. The van der Waals surface area contributed by atoms with E-state index >= 15 is 0 Å². The number of aromatic nitrogens is 1. The molecule has 2 fully saturated rings. The van der Waals surface area contributed by atoms with Gasteiger partial charge in [0.15, 0.2) is 0 Å². The van der Waals surface area contributed by atoms with Gasteiger partial charge < -0.3 is 15.6 Å². The van der Waals surface area contributed by atoms with E-state index in [0.717, 1.165) is 79.0 Å². The maximum Gasteiger partial charge on any atom is 0.240 e. The highest BCUT2D eigenvalue weighted by molar-refractivity contribution is 5.90. The van der Waals surface area contributed by atoms with Crippen LogP contribution in [0, 0.1) is 0 Å². The molecule has 3 aromatic carbocycles. The van der Waals surface area contributed by atoms with Crippen LogP contribution in [0.4, 0.5) is 0 Å². The maximum absolute atomic E-state index is 14.4. The van der Waals surface area contributed by atoms with Crippen LogP contribution in [0.1, 0.15) is 93.2 Å². The highest BCUT2D eigenvalue weighted by Gasteiger charge is 2.42. The van der Waals surface area contributed by atoms with Crippen LogP contribution in [-0.4, -0.2) is 41.0 Å². The quantitative estimate of drug-likeness (QED) is 0.137. The van der Waals surface area contributed by atoms with E-state index < -0.39 is 11.6 Å². The van der Waals surface area contributed by atoms with Gasteiger partial charge in [0.25, 0.3) is 0 Å². The van der Waals surface area contributed by atoms with Crippen LogP contribution in [0.15, 0.2) is 91.1 Å². The molecule has 45 heavy (non-hydrogen) atoms. The topological polar surface area (TPSA) is 86.0 Å². The molecule has 0 saturated heterocycles. The second-order valence-corrected chi connectivity index (χ2v) is 13.2. The summed E-state index contributed by atoms with van der Waals surface area (Å²) in [6.07, 6.45) is 13.9. The molecule has 0 spiro atoms. The average molecular weight is 605 g/mol. The van der Waals surface area contributed by atoms with Gasteiger partial charge in [-0.2, -0.15) is 0 Å². The summed E-state index contributed by atoms with van der Waals surface area (Å²) in [7, 11) is 0. The molecule has 0 radical (unpaired) electrons. The van der Waals surface area contributed by atoms with Crippen LogP contribution >= 0.6 is 0 Å². The normalized spacial score (nSPS) is 17.9. The van der Waals surface area contributed by atoms with Gasteiger partial charge in [-0.3, -0.25) is 14.9 Å². The Morgan fingerprint density at radius 2 is 1.36 bits per heavy atom. The average Bonchev–Trinajstić information content (AvgIpc) is 3.33. The molecule has 2 amide bonds. The SMILES string of the molecule is O=C(NCC(c1ccccc1)c1ccccc1)[C@H](Cc1c[nH]c2ccccc12)NC1(C(=O)NC2CCCCC2)CCCCCC1. The Balaban J connectivity index is 1.28. The second-order valence-electron chi connectivity index (χ2n) is 13.2. The van der Waals surface area contributed by atoms with Crippen molar-refractivity contribution in [2.45, 2.75) is 101 Å². The molecule has 0 bridgehead atoms. The predicted octanol–water partition coefficient (Wildman–Crippen LogP) is 7.16. The minimum absolute atomic E-state index is 0.0199. The molecule has 0 unspecified atom stereocenters. The molecule has 4 N–H and O–H groups in total.